The van der Waals surface area contributed by atoms with E-state index in [2.05, 4.69) is 50.4 Å². The van der Waals surface area contributed by atoms with Crippen molar-refractivity contribution in [3.8, 4) is 0 Å². The molecule has 0 saturated heterocycles. The minimum absolute atomic E-state index is 0.0758. The fraction of sp³-hybridized carbons (Fsp3) is 0.625. The van der Waals surface area contributed by atoms with Crippen LogP contribution in [0.4, 0.5) is 0 Å². The Labute approximate surface area is 123 Å². The third kappa shape index (κ3) is 6.23. The predicted octanol–water partition coefficient (Wildman–Crippen LogP) is 3.69. The second-order valence-electron chi connectivity index (χ2n) is 4.80. The zero-order valence-corrected chi connectivity index (χ0v) is 14.4. The minimum atomic E-state index is 0.0758. The van der Waals surface area contributed by atoms with Gasteiger partial charge in [-0.05, 0) is 0 Å². The first-order chi connectivity index (χ1) is 8.77. The molecule has 0 amide bonds. The summed E-state index contributed by atoms with van der Waals surface area (Å²) < 4.78 is 3.06. The van der Waals surface area contributed by atoms with Crippen molar-refractivity contribution in [3.63, 3.8) is 0 Å². The van der Waals surface area contributed by atoms with E-state index in [1.807, 2.05) is 0 Å². The average molecular weight is 361 g/mol. The van der Waals surface area contributed by atoms with Gasteiger partial charge < -0.3 is 0 Å². The van der Waals surface area contributed by atoms with Crippen LogP contribution in [0.2, 0.25) is 4.47 Å². The number of unbranched alkanes of at least 4 members (excludes halogenated alkanes) is 2. The summed E-state index contributed by atoms with van der Waals surface area (Å²) in [5, 5.41) is 3.58. The Balaban J connectivity index is 2.38. The average Bonchev–Trinajstić information content (AvgIpc) is 2.40. The molecule has 0 saturated carbocycles. The Morgan fingerprint density at radius 3 is 2.33 bits per heavy atom. The van der Waals surface area contributed by atoms with Gasteiger partial charge in [0.05, 0.1) is 0 Å². The van der Waals surface area contributed by atoms with Crippen LogP contribution < -0.4 is 8.93 Å². The van der Waals surface area contributed by atoms with E-state index in [1.54, 1.807) is 3.61 Å². The van der Waals surface area contributed by atoms with Gasteiger partial charge >= 0.3 is 123 Å². The maximum atomic E-state index is 3.58. The van der Waals surface area contributed by atoms with Gasteiger partial charge in [0.1, 0.15) is 0 Å². The van der Waals surface area contributed by atoms with Crippen molar-refractivity contribution in [1.82, 2.24) is 5.32 Å². The Hall–Kier alpha value is -0.0304. The molecule has 0 aliphatic rings. The molecule has 0 aliphatic heterocycles. The topological polar surface area (TPSA) is 12.0 Å². The van der Waals surface area contributed by atoms with E-state index in [0.717, 1.165) is 6.54 Å². The van der Waals surface area contributed by atoms with E-state index in [0.29, 0.717) is 6.04 Å². The van der Waals surface area contributed by atoms with Gasteiger partial charge in [-0.15, -0.1) is 0 Å². The Morgan fingerprint density at radius 2 is 1.72 bits per heavy atom. The van der Waals surface area contributed by atoms with Crippen LogP contribution in [0.15, 0.2) is 24.3 Å². The first-order valence-electron chi connectivity index (χ1n) is 7.24. The zero-order chi connectivity index (χ0) is 13.2. The van der Waals surface area contributed by atoms with Gasteiger partial charge in [-0.1, -0.05) is 0 Å². The van der Waals surface area contributed by atoms with Gasteiger partial charge in [0.2, 0.25) is 0 Å². The van der Waals surface area contributed by atoms with E-state index < -0.39 is 0 Å². The summed E-state index contributed by atoms with van der Waals surface area (Å²) in [5.74, 6) is 0. The first kappa shape index (κ1) is 16.0. The SMILES string of the molecule is CCCCNC(C)c1ccc([Te]CCCC)cc1. The molecule has 1 rings (SSSR count). The molecule has 1 aromatic carbocycles. The van der Waals surface area contributed by atoms with Crippen molar-refractivity contribution in [2.45, 2.75) is 57.0 Å². The molecule has 102 valence electrons. The normalized spacial score (nSPS) is 12.6. The van der Waals surface area contributed by atoms with Gasteiger partial charge in [-0.2, -0.15) is 0 Å². The first-order valence-corrected chi connectivity index (χ1v) is 10.0. The standard InChI is InChI=1S/C16H27NTe/c1-4-6-12-17-14(3)15-8-10-16(11-9-15)18-13-7-5-2/h8-11,14,17H,4-7,12-13H2,1-3H3. The van der Waals surface area contributed by atoms with Crippen LogP contribution >= 0.6 is 0 Å². The van der Waals surface area contributed by atoms with Gasteiger partial charge in [0, 0.05) is 0 Å². The maximum absolute atomic E-state index is 3.58. The van der Waals surface area contributed by atoms with Crippen molar-refractivity contribution < 1.29 is 0 Å². The summed E-state index contributed by atoms with van der Waals surface area (Å²) in [6, 6.07) is 9.82. The van der Waals surface area contributed by atoms with Crippen molar-refractivity contribution in [1.29, 1.82) is 0 Å². The molecule has 0 fully saturated rings. The van der Waals surface area contributed by atoms with E-state index in [9.17, 15) is 0 Å². The van der Waals surface area contributed by atoms with Gasteiger partial charge in [-0.3, -0.25) is 0 Å². The number of rotatable bonds is 9. The molecule has 1 nitrogen and oxygen atoms in total. The molecule has 1 aromatic rings. The second kappa shape index (κ2) is 9.84. The summed E-state index contributed by atoms with van der Waals surface area (Å²) in [6.45, 7) is 7.91. The van der Waals surface area contributed by atoms with Crippen LogP contribution in [-0.2, 0) is 0 Å². The van der Waals surface area contributed by atoms with Gasteiger partial charge in [-0.25, -0.2) is 0 Å². The van der Waals surface area contributed by atoms with E-state index >= 15 is 0 Å². The van der Waals surface area contributed by atoms with Crippen LogP contribution in [0, 0.1) is 0 Å². The van der Waals surface area contributed by atoms with E-state index in [1.165, 1.54) is 35.7 Å². The van der Waals surface area contributed by atoms with E-state index in [-0.39, 0.29) is 20.9 Å². The fourth-order valence-corrected chi connectivity index (χ4v) is 4.65. The molecule has 0 aliphatic carbocycles. The molecule has 0 heterocycles. The Morgan fingerprint density at radius 1 is 1.06 bits per heavy atom. The molecule has 2 heteroatoms. The molecule has 0 aromatic heterocycles. The van der Waals surface area contributed by atoms with Crippen molar-refractivity contribution in [2.24, 2.45) is 0 Å². The number of hydrogen-bond acceptors (Lipinski definition) is 1. The number of nitrogens with one attached hydrogen (secondary N) is 1. The number of benzene rings is 1. The van der Waals surface area contributed by atoms with Gasteiger partial charge in [0.25, 0.3) is 0 Å². The summed E-state index contributed by atoms with van der Waals surface area (Å²) >= 11 is 0.0758. The monoisotopic (exact) mass is 363 g/mol. The van der Waals surface area contributed by atoms with Crippen LogP contribution in [0.3, 0.4) is 0 Å². The Kier molecular flexibility index (Phi) is 8.76. The molecule has 1 N–H and O–H groups in total. The molecule has 0 bridgehead atoms. The molecule has 1 unspecified atom stereocenters. The predicted molar refractivity (Wildman–Crippen MR) is 82.9 cm³/mol. The van der Waals surface area contributed by atoms with Crippen LogP contribution in [0.1, 0.15) is 58.1 Å². The van der Waals surface area contributed by atoms with Crippen molar-refractivity contribution in [2.75, 3.05) is 6.54 Å². The molecular weight excluding hydrogens is 334 g/mol. The number of hydrogen-bond donors (Lipinski definition) is 1. The van der Waals surface area contributed by atoms with Crippen LogP contribution in [-0.4, -0.2) is 27.5 Å². The van der Waals surface area contributed by atoms with Crippen molar-refractivity contribution >= 4 is 24.5 Å². The van der Waals surface area contributed by atoms with Crippen LogP contribution in [0.25, 0.3) is 0 Å². The third-order valence-electron chi connectivity index (χ3n) is 3.13. The van der Waals surface area contributed by atoms with Crippen LogP contribution in [0.5, 0.6) is 0 Å². The molecule has 1 atom stereocenters. The quantitative estimate of drug-likeness (QED) is 0.523. The summed E-state index contributed by atoms with van der Waals surface area (Å²) in [6.07, 6.45) is 5.27. The van der Waals surface area contributed by atoms with Crippen molar-refractivity contribution in [3.05, 3.63) is 29.8 Å². The summed E-state index contributed by atoms with van der Waals surface area (Å²) in [5.41, 5.74) is 1.43. The molecule has 18 heavy (non-hydrogen) atoms. The summed E-state index contributed by atoms with van der Waals surface area (Å²) in [7, 11) is 0. The molecular formula is C16H27NTe. The van der Waals surface area contributed by atoms with Gasteiger partial charge in [0.15, 0.2) is 0 Å². The Bertz CT molecular complexity index is 307. The molecule has 0 spiro atoms. The fourth-order valence-electron chi connectivity index (χ4n) is 1.80. The van der Waals surface area contributed by atoms with E-state index in [4.69, 9.17) is 0 Å². The third-order valence-corrected chi connectivity index (χ3v) is 6.26. The summed E-state index contributed by atoms with van der Waals surface area (Å²) in [4.78, 5) is 0. The second-order valence-corrected chi connectivity index (χ2v) is 8.13. The zero-order valence-electron chi connectivity index (χ0n) is 12.0. The molecule has 0 radical (unpaired) electrons.